The SMILES string of the molecule is BrBr.O=Cc1cc(Br)sc1C=O.O=Cc1ccsc1C=O.O=Cc1sc(Br)c(Br)c1C=O. The number of hydrogen-bond donors (Lipinski definition) is 0. The van der Waals surface area contributed by atoms with Gasteiger partial charge in [-0.1, -0.05) is 0 Å². The Kier molecular flexibility index (Phi) is 17.7. The first-order valence-electron chi connectivity index (χ1n) is 7.56. The van der Waals surface area contributed by atoms with Crippen molar-refractivity contribution in [3.8, 4) is 0 Å². The second kappa shape index (κ2) is 17.9. The standard InChI is InChI=1S/C6H2Br2O2S.C6H3BrO2S.C6H4O2S.Br2/c7-5-3(1-9)4(2-10)11-6(5)8;7-6-1-4(2-8)5(3-9)10-6;7-3-5-1-2-9-6(5)4-8;1-2/h1-2H;1-3H;1-4H;. The maximum absolute atomic E-state index is 10.4. The van der Waals surface area contributed by atoms with E-state index in [-0.39, 0.29) is 0 Å². The zero-order valence-electron chi connectivity index (χ0n) is 15.3. The smallest absolute Gasteiger partial charge is 0.160 e. The Labute approximate surface area is 235 Å². The molecular formula is C18H9Br5O6S3. The maximum atomic E-state index is 10.4. The molecule has 3 aromatic rings. The van der Waals surface area contributed by atoms with Gasteiger partial charge in [-0.3, -0.25) is 28.8 Å². The van der Waals surface area contributed by atoms with Crippen molar-refractivity contribution in [2.45, 2.75) is 0 Å². The molecule has 0 radical (unpaired) electrons. The third-order valence-corrected chi connectivity index (χ3v) is 8.91. The van der Waals surface area contributed by atoms with Gasteiger partial charge in [-0.05, 0) is 65.3 Å². The molecule has 0 aliphatic carbocycles. The monoisotopic (exact) mass is 812 g/mol. The molecule has 0 spiro atoms. The molecule has 3 heterocycles. The highest BCUT2D eigenvalue weighted by atomic mass is 80.9. The molecule has 0 amide bonds. The van der Waals surface area contributed by atoms with Crippen LogP contribution in [0.15, 0.2) is 29.6 Å². The van der Waals surface area contributed by atoms with E-state index in [4.69, 9.17) is 0 Å². The Hall–Kier alpha value is -0.480. The van der Waals surface area contributed by atoms with Gasteiger partial charge in [-0.15, -0.1) is 34.0 Å². The minimum Gasteiger partial charge on any atom is -0.298 e. The Morgan fingerprint density at radius 3 is 1.59 bits per heavy atom. The molecular weight excluding hydrogens is 808 g/mol. The van der Waals surface area contributed by atoms with Gasteiger partial charge < -0.3 is 0 Å². The summed E-state index contributed by atoms with van der Waals surface area (Å²) in [5, 5.41) is 1.72. The third-order valence-electron chi connectivity index (χ3n) is 3.06. The number of thiophene rings is 3. The Balaban J connectivity index is 0.000000435. The van der Waals surface area contributed by atoms with Crippen LogP contribution < -0.4 is 0 Å². The van der Waals surface area contributed by atoms with Gasteiger partial charge in [0.1, 0.15) is 0 Å². The molecule has 0 N–H and O–H groups in total. The van der Waals surface area contributed by atoms with E-state index in [9.17, 15) is 28.8 Å². The topological polar surface area (TPSA) is 102 Å². The molecule has 0 saturated carbocycles. The number of hydrogen-bond acceptors (Lipinski definition) is 9. The molecule has 0 atom stereocenters. The summed E-state index contributed by atoms with van der Waals surface area (Å²) in [5.74, 6) is 0. The summed E-state index contributed by atoms with van der Waals surface area (Å²) in [6.07, 6.45) is 4.05. The minimum absolute atomic E-state index is 0.414. The van der Waals surface area contributed by atoms with Crippen molar-refractivity contribution < 1.29 is 28.8 Å². The van der Waals surface area contributed by atoms with Crippen LogP contribution in [0.25, 0.3) is 0 Å². The molecule has 0 bridgehead atoms. The lowest BCUT2D eigenvalue weighted by atomic mass is 10.3. The molecule has 14 heteroatoms. The van der Waals surface area contributed by atoms with Crippen LogP contribution in [0, 0.1) is 0 Å². The predicted octanol–water partition coefficient (Wildman–Crippen LogP) is 8.10. The van der Waals surface area contributed by atoms with Crippen LogP contribution in [-0.2, 0) is 0 Å². The Morgan fingerprint density at radius 1 is 0.656 bits per heavy atom. The van der Waals surface area contributed by atoms with Crippen LogP contribution in [0.5, 0.6) is 0 Å². The zero-order valence-corrected chi connectivity index (χ0v) is 25.6. The highest BCUT2D eigenvalue weighted by molar-refractivity contribution is 9.93. The van der Waals surface area contributed by atoms with Crippen LogP contribution in [-0.4, -0.2) is 37.7 Å². The van der Waals surface area contributed by atoms with Crippen LogP contribution in [0.1, 0.15) is 60.1 Å². The third kappa shape index (κ3) is 9.79. The van der Waals surface area contributed by atoms with Crippen LogP contribution in [0.2, 0.25) is 0 Å². The second-order valence-corrected chi connectivity index (χ2v) is 11.4. The van der Waals surface area contributed by atoms with Crippen LogP contribution in [0.4, 0.5) is 0 Å². The normalized spacial score (nSPS) is 8.91. The molecule has 32 heavy (non-hydrogen) atoms. The first-order chi connectivity index (χ1) is 15.4. The largest absolute Gasteiger partial charge is 0.298 e. The highest BCUT2D eigenvalue weighted by Crippen LogP contribution is 2.35. The fourth-order valence-corrected chi connectivity index (χ4v) is 5.93. The fourth-order valence-electron chi connectivity index (χ4n) is 1.70. The summed E-state index contributed by atoms with van der Waals surface area (Å²) in [7, 11) is 0. The van der Waals surface area contributed by atoms with Crippen LogP contribution >= 0.6 is 110 Å². The molecule has 3 aromatic heterocycles. The van der Waals surface area contributed by atoms with Gasteiger partial charge in [0.05, 0.1) is 32.2 Å². The lowest BCUT2D eigenvalue weighted by molar-refractivity contribution is 0.109. The number of rotatable bonds is 6. The molecule has 0 saturated heterocycles. The molecule has 0 fully saturated rings. The first kappa shape index (κ1) is 31.5. The molecule has 3 rings (SSSR count). The van der Waals surface area contributed by atoms with Crippen molar-refractivity contribution in [3.05, 3.63) is 60.9 Å². The highest BCUT2D eigenvalue weighted by Gasteiger charge is 2.12. The van der Waals surface area contributed by atoms with Gasteiger partial charge in [-0.2, -0.15) is 0 Å². The van der Waals surface area contributed by atoms with Crippen molar-refractivity contribution in [2.75, 3.05) is 0 Å². The predicted molar refractivity (Wildman–Crippen MR) is 146 cm³/mol. The summed E-state index contributed by atoms with van der Waals surface area (Å²) < 4.78 is 2.22. The lowest BCUT2D eigenvalue weighted by Crippen LogP contribution is -1.82. The molecule has 170 valence electrons. The van der Waals surface area contributed by atoms with Gasteiger partial charge in [-0.25, -0.2) is 0 Å². The average Bonchev–Trinajstić information content (AvgIpc) is 3.52. The van der Waals surface area contributed by atoms with E-state index in [1.807, 2.05) is 0 Å². The quantitative estimate of drug-likeness (QED) is 0.233. The van der Waals surface area contributed by atoms with E-state index in [0.717, 1.165) is 7.57 Å². The van der Waals surface area contributed by atoms with Crippen molar-refractivity contribution >= 4 is 148 Å². The van der Waals surface area contributed by atoms with Gasteiger partial charge in [0.25, 0.3) is 0 Å². The molecule has 6 nitrogen and oxygen atoms in total. The zero-order chi connectivity index (χ0) is 24.7. The summed E-state index contributed by atoms with van der Waals surface area (Å²) in [5.41, 5.74) is 1.35. The number of carbonyl (C=O) groups excluding carboxylic acids is 6. The molecule has 0 aliphatic heterocycles. The van der Waals surface area contributed by atoms with Gasteiger partial charge in [0.2, 0.25) is 0 Å². The summed E-state index contributed by atoms with van der Waals surface area (Å²) in [6.45, 7) is 0. The Bertz CT molecular complexity index is 1030. The molecule has 0 aromatic carbocycles. The average molecular weight is 817 g/mol. The lowest BCUT2D eigenvalue weighted by Gasteiger charge is -1.84. The van der Waals surface area contributed by atoms with E-state index in [0.29, 0.717) is 73.5 Å². The summed E-state index contributed by atoms with van der Waals surface area (Å²) in [6, 6.07) is 3.25. The van der Waals surface area contributed by atoms with E-state index in [1.165, 1.54) is 34.0 Å². The maximum Gasteiger partial charge on any atom is 0.160 e. The molecule has 0 aliphatic rings. The van der Waals surface area contributed by atoms with Crippen molar-refractivity contribution in [3.63, 3.8) is 0 Å². The van der Waals surface area contributed by atoms with E-state index < -0.39 is 0 Å². The van der Waals surface area contributed by atoms with Crippen LogP contribution in [0.3, 0.4) is 0 Å². The fraction of sp³-hybridized carbons (Fsp3) is 0. The van der Waals surface area contributed by atoms with Gasteiger partial charge in [0, 0.05) is 39.4 Å². The van der Waals surface area contributed by atoms with Crippen molar-refractivity contribution in [1.82, 2.24) is 0 Å². The Morgan fingerprint density at radius 2 is 1.22 bits per heavy atom. The van der Waals surface area contributed by atoms with Gasteiger partial charge in [0.15, 0.2) is 37.7 Å². The number of aldehydes is 6. The van der Waals surface area contributed by atoms with Gasteiger partial charge >= 0.3 is 0 Å². The second-order valence-electron chi connectivity index (χ2n) is 4.79. The summed E-state index contributed by atoms with van der Waals surface area (Å²) in [4.78, 5) is 62.9. The molecule has 0 unspecified atom stereocenters. The minimum atomic E-state index is 0.414. The first-order valence-corrected chi connectivity index (χ1v) is 16.2. The van der Waals surface area contributed by atoms with Crippen molar-refractivity contribution in [2.24, 2.45) is 0 Å². The number of carbonyl (C=O) groups is 6. The van der Waals surface area contributed by atoms with E-state index in [1.54, 1.807) is 17.5 Å². The van der Waals surface area contributed by atoms with Crippen molar-refractivity contribution in [1.29, 1.82) is 0 Å². The van der Waals surface area contributed by atoms with E-state index in [2.05, 4.69) is 76.0 Å². The number of halogens is 5. The summed E-state index contributed by atoms with van der Waals surface area (Å²) >= 11 is 18.8. The van der Waals surface area contributed by atoms with E-state index >= 15 is 0 Å².